The molecule has 1 aromatic rings. The largest absolute Gasteiger partial charge is 0.368 e. The van der Waals surface area contributed by atoms with Crippen molar-refractivity contribution in [3.8, 4) is 0 Å². The number of aryl methyl sites for hydroxylation is 1. The first kappa shape index (κ1) is 13.7. The van der Waals surface area contributed by atoms with Gasteiger partial charge in [0.1, 0.15) is 11.9 Å². The molecule has 3 rings (SSSR count). The lowest BCUT2D eigenvalue weighted by Gasteiger charge is -2.34. The van der Waals surface area contributed by atoms with Crippen LogP contribution in [0.3, 0.4) is 0 Å². The molecule has 1 aliphatic heterocycles. The molecule has 0 amide bonds. The van der Waals surface area contributed by atoms with Crippen molar-refractivity contribution in [2.24, 2.45) is 5.84 Å². The summed E-state index contributed by atoms with van der Waals surface area (Å²) in [6.07, 6.45) is 3.11. The van der Waals surface area contributed by atoms with Crippen LogP contribution >= 0.6 is 0 Å². The van der Waals surface area contributed by atoms with Gasteiger partial charge in [0, 0.05) is 30.4 Å². The van der Waals surface area contributed by atoms with Gasteiger partial charge in [-0.25, -0.2) is 15.8 Å². The van der Waals surface area contributed by atoms with Crippen LogP contribution in [0.2, 0.25) is 0 Å². The van der Waals surface area contributed by atoms with Gasteiger partial charge in [-0.15, -0.1) is 0 Å². The van der Waals surface area contributed by atoms with E-state index < -0.39 is 0 Å². The molecule has 0 spiro atoms. The Bertz CT molecular complexity index is 491. The molecular weight excluding hydrogens is 254 g/mol. The first-order valence-electron chi connectivity index (χ1n) is 7.41. The predicted molar refractivity (Wildman–Crippen MR) is 77.3 cm³/mol. The van der Waals surface area contributed by atoms with Crippen molar-refractivity contribution in [1.82, 2.24) is 14.9 Å². The Hall–Kier alpha value is -1.24. The Kier molecular flexibility index (Phi) is 3.87. The Morgan fingerprint density at radius 1 is 1.35 bits per heavy atom. The number of anilines is 1. The van der Waals surface area contributed by atoms with Crippen LogP contribution in [-0.4, -0.2) is 40.6 Å². The smallest absolute Gasteiger partial charge is 0.161 e. The second kappa shape index (κ2) is 5.63. The van der Waals surface area contributed by atoms with E-state index in [4.69, 9.17) is 15.6 Å². The highest BCUT2D eigenvalue weighted by Crippen LogP contribution is 2.29. The molecule has 2 heterocycles. The summed E-state index contributed by atoms with van der Waals surface area (Å²) < 4.78 is 5.87. The molecule has 6 heteroatoms. The molecular formula is C14H23N5O. The molecule has 1 aliphatic carbocycles. The summed E-state index contributed by atoms with van der Waals surface area (Å²) in [5, 5.41) is 0. The van der Waals surface area contributed by atoms with Crippen molar-refractivity contribution in [1.29, 1.82) is 0 Å². The van der Waals surface area contributed by atoms with E-state index in [0.717, 1.165) is 56.3 Å². The van der Waals surface area contributed by atoms with E-state index in [1.54, 1.807) is 0 Å². The van der Waals surface area contributed by atoms with E-state index in [9.17, 15) is 0 Å². The number of nitrogens with zero attached hydrogens (tertiary/aromatic N) is 3. The molecule has 6 nitrogen and oxygen atoms in total. The number of morpholine rings is 1. The second-order valence-corrected chi connectivity index (χ2v) is 5.80. The minimum atomic E-state index is -0.0517. The minimum absolute atomic E-state index is 0.0517. The summed E-state index contributed by atoms with van der Waals surface area (Å²) in [5.74, 6) is 7.14. The van der Waals surface area contributed by atoms with Crippen molar-refractivity contribution < 1.29 is 4.74 Å². The fourth-order valence-corrected chi connectivity index (χ4v) is 3.01. The zero-order chi connectivity index (χ0) is 14.1. The van der Waals surface area contributed by atoms with Gasteiger partial charge >= 0.3 is 0 Å². The molecule has 0 bridgehead atoms. The number of nitrogens with one attached hydrogen (secondary N) is 1. The SMILES string of the molecule is CC(C)N1CCOC(c2nc3c(c(NN)n2)CCC3)C1. The number of hydrazine groups is 1. The molecule has 1 saturated heterocycles. The van der Waals surface area contributed by atoms with Gasteiger partial charge in [0.05, 0.1) is 6.61 Å². The fraction of sp³-hybridized carbons (Fsp3) is 0.714. The van der Waals surface area contributed by atoms with Gasteiger partial charge < -0.3 is 10.2 Å². The van der Waals surface area contributed by atoms with Crippen LogP contribution in [0.15, 0.2) is 0 Å². The van der Waals surface area contributed by atoms with Crippen LogP contribution < -0.4 is 11.3 Å². The lowest BCUT2D eigenvalue weighted by molar-refractivity contribution is -0.0443. The Labute approximate surface area is 119 Å². The lowest BCUT2D eigenvalue weighted by atomic mass is 10.2. The molecule has 1 aromatic heterocycles. The van der Waals surface area contributed by atoms with E-state index in [2.05, 4.69) is 29.2 Å². The highest BCUT2D eigenvalue weighted by Gasteiger charge is 2.28. The molecule has 2 aliphatic rings. The van der Waals surface area contributed by atoms with Gasteiger partial charge in [-0.2, -0.15) is 0 Å². The van der Waals surface area contributed by atoms with Gasteiger partial charge in [-0.3, -0.25) is 4.90 Å². The summed E-state index contributed by atoms with van der Waals surface area (Å²) in [6, 6.07) is 0.517. The van der Waals surface area contributed by atoms with Crippen LogP contribution in [0.25, 0.3) is 0 Å². The highest BCUT2D eigenvalue weighted by atomic mass is 16.5. The van der Waals surface area contributed by atoms with E-state index in [1.165, 1.54) is 5.56 Å². The minimum Gasteiger partial charge on any atom is -0.368 e. The molecule has 1 fully saturated rings. The number of aromatic nitrogens is 2. The number of hydrogen-bond donors (Lipinski definition) is 2. The predicted octanol–water partition coefficient (Wildman–Crippen LogP) is 1.03. The zero-order valence-electron chi connectivity index (χ0n) is 12.2. The van der Waals surface area contributed by atoms with Gasteiger partial charge in [0.2, 0.25) is 0 Å². The van der Waals surface area contributed by atoms with Crippen LogP contribution in [0.4, 0.5) is 5.82 Å². The molecule has 1 unspecified atom stereocenters. The summed E-state index contributed by atoms with van der Waals surface area (Å²) >= 11 is 0. The van der Waals surface area contributed by atoms with Crippen LogP contribution in [0.1, 0.15) is 43.5 Å². The van der Waals surface area contributed by atoms with Crippen molar-refractivity contribution in [3.63, 3.8) is 0 Å². The van der Waals surface area contributed by atoms with Crippen LogP contribution in [0.5, 0.6) is 0 Å². The Balaban J connectivity index is 1.86. The number of nitrogen functional groups attached to an aromatic ring is 1. The quantitative estimate of drug-likeness (QED) is 0.635. The van der Waals surface area contributed by atoms with E-state index in [1.807, 2.05) is 0 Å². The summed E-state index contributed by atoms with van der Waals surface area (Å²) in [6.45, 7) is 6.97. The standard InChI is InChI=1S/C14H23N5O/c1-9(2)19-6-7-20-12(8-19)14-16-11-5-3-4-10(11)13(17-14)18-15/h9,12H,3-8,15H2,1-2H3,(H,16,17,18). The monoisotopic (exact) mass is 277 g/mol. The fourth-order valence-electron chi connectivity index (χ4n) is 3.01. The van der Waals surface area contributed by atoms with Gasteiger partial charge in [0.25, 0.3) is 0 Å². The van der Waals surface area contributed by atoms with E-state index >= 15 is 0 Å². The van der Waals surface area contributed by atoms with E-state index in [-0.39, 0.29) is 6.10 Å². The number of ether oxygens (including phenoxy) is 1. The third kappa shape index (κ3) is 2.51. The van der Waals surface area contributed by atoms with Crippen LogP contribution in [-0.2, 0) is 17.6 Å². The Morgan fingerprint density at radius 3 is 2.95 bits per heavy atom. The maximum Gasteiger partial charge on any atom is 0.161 e. The molecule has 0 radical (unpaired) electrons. The highest BCUT2D eigenvalue weighted by molar-refractivity contribution is 5.48. The third-order valence-electron chi connectivity index (χ3n) is 4.20. The van der Waals surface area contributed by atoms with Gasteiger partial charge in [-0.1, -0.05) is 0 Å². The lowest BCUT2D eigenvalue weighted by Crippen LogP contribution is -2.42. The molecule has 20 heavy (non-hydrogen) atoms. The maximum absolute atomic E-state index is 5.87. The number of nitrogens with two attached hydrogens (primary N) is 1. The van der Waals surface area contributed by atoms with Gasteiger partial charge in [-0.05, 0) is 33.1 Å². The average molecular weight is 277 g/mol. The molecule has 0 aromatic carbocycles. The van der Waals surface area contributed by atoms with Crippen molar-refractivity contribution in [3.05, 3.63) is 17.1 Å². The number of hydrogen-bond acceptors (Lipinski definition) is 6. The summed E-state index contributed by atoms with van der Waals surface area (Å²) in [7, 11) is 0. The van der Waals surface area contributed by atoms with E-state index in [0.29, 0.717) is 6.04 Å². The molecule has 3 N–H and O–H groups in total. The Morgan fingerprint density at radius 2 is 2.20 bits per heavy atom. The average Bonchev–Trinajstić information content (AvgIpc) is 2.94. The number of rotatable bonds is 3. The van der Waals surface area contributed by atoms with Crippen molar-refractivity contribution >= 4 is 5.82 Å². The molecule has 1 atom stereocenters. The zero-order valence-corrected chi connectivity index (χ0v) is 12.2. The topological polar surface area (TPSA) is 76.3 Å². The maximum atomic E-state index is 5.87. The summed E-state index contributed by atoms with van der Waals surface area (Å²) in [4.78, 5) is 11.7. The van der Waals surface area contributed by atoms with Gasteiger partial charge in [0.15, 0.2) is 5.82 Å². The first-order valence-corrected chi connectivity index (χ1v) is 7.41. The second-order valence-electron chi connectivity index (χ2n) is 5.80. The summed E-state index contributed by atoms with van der Waals surface area (Å²) in [5.41, 5.74) is 5.03. The molecule has 0 saturated carbocycles. The van der Waals surface area contributed by atoms with Crippen molar-refractivity contribution in [2.75, 3.05) is 25.1 Å². The normalized spacial score (nSPS) is 23.1. The number of fused-ring (bicyclic) bond motifs is 1. The van der Waals surface area contributed by atoms with Crippen molar-refractivity contribution in [2.45, 2.75) is 45.3 Å². The van der Waals surface area contributed by atoms with Crippen LogP contribution in [0, 0.1) is 0 Å². The first-order chi connectivity index (χ1) is 9.69. The molecule has 110 valence electrons. The third-order valence-corrected chi connectivity index (χ3v) is 4.20.